The summed E-state index contributed by atoms with van der Waals surface area (Å²) < 4.78 is 8.65. The lowest BCUT2D eigenvalue weighted by atomic mass is 10.7. The van der Waals surface area contributed by atoms with Gasteiger partial charge in [0, 0.05) is 6.07 Å². The van der Waals surface area contributed by atoms with Gasteiger partial charge in [-0.15, -0.1) is 0 Å². The number of hydrogen-bond donors (Lipinski definition) is 1. The van der Waals surface area contributed by atoms with Crippen molar-refractivity contribution < 1.29 is 24.5 Å². The minimum atomic E-state index is -1.37. The smallest absolute Gasteiger partial charge is 0.449 e. The first-order valence-corrected chi connectivity index (χ1v) is 2.23. The maximum atomic E-state index is 9.78. The van der Waals surface area contributed by atoms with Crippen LogP contribution < -0.4 is 4.74 Å². The number of carboxylic acid groups (broad SMARTS) is 1. The van der Waals surface area contributed by atoms with Crippen LogP contribution in [0.15, 0.2) is 22.8 Å². The Morgan fingerprint density at radius 3 is 2.80 bits per heavy atom. The van der Waals surface area contributed by atoms with Crippen LogP contribution in [0.2, 0.25) is 0 Å². The minimum Gasteiger partial charge on any atom is -0.449 e. The predicted molar refractivity (Wildman–Crippen MR) is 31.0 cm³/mol. The molecule has 0 unspecified atom stereocenters. The van der Waals surface area contributed by atoms with Crippen LogP contribution in [0.4, 0.5) is 4.79 Å². The largest absolute Gasteiger partial charge is 0.513 e. The van der Waals surface area contributed by atoms with E-state index in [0.717, 1.165) is 0 Å². The molecule has 3 N–H and O–H groups in total. The summed E-state index contributed by atoms with van der Waals surface area (Å²) in [7, 11) is 0. The molecule has 5 nitrogen and oxygen atoms in total. The highest BCUT2D eigenvalue weighted by molar-refractivity contribution is 5.59. The summed E-state index contributed by atoms with van der Waals surface area (Å²) in [4.78, 5) is 9.78. The van der Waals surface area contributed by atoms with Gasteiger partial charge in [-0.05, 0) is 6.07 Å². The second kappa shape index (κ2) is 3.52. The normalized spacial score (nSPS) is 8.00. The third kappa shape index (κ3) is 2.19. The van der Waals surface area contributed by atoms with Crippen LogP contribution in [0.3, 0.4) is 0 Å². The minimum absolute atomic E-state index is 0. The molecule has 1 rings (SSSR count). The van der Waals surface area contributed by atoms with Crippen LogP contribution in [0.1, 0.15) is 0 Å². The maximum absolute atomic E-state index is 9.78. The van der Waals surface area contributed by atoms with Crippen molar-refractivity contribution in [1.82, 2.24) is 0 Å². The number of hydrogen-bond acceptors (Lipinski definition) is 3. The van der Waals surface area contributed by atoms with Crippen LogP contribution >= 0.6 is 0 Å². The van der Waals surface area contributed by atoms with Crippen LogP contribution in [0.25, 0.3) is 0 Å². The lowest BCUT2D eigenvalue weighted by molar-refractivity contribution is 0.133. The van der Waals surface area contributed by atoms with E-state index in [1.54, 1.807) is 0 Å². The van der Waals surface area contributed by atoms with E-state index in [-0.39, 0.29) is 11.4 Å². The van der Waals surface area contributed by atoms with Crippen molar-refractivity contribution in [2.45, 2.75) is 0 Å². The monoisotopic (exact) mass is 146 g/mol. The number of rotatable bonds is 1. The molecule has 0 radical (unpaired) electrons. The predicted octanol–water partition coefficient (Wildman–Crippen LogP) is 0.512. The van der Waals surface area contributed by atoms with Gasteiger partial charge in [-0.25, -0.2) is 4.79 Å². The van der Waals surface area contributed by atoms with Gasteiger partial charge >= 0.3 is 6.16 Å². The standard InChI is InChI=1S/C5H4O4.H2O/c6-5(7)9-4-2-1-3-8-4;/h1-3H,(H,6,7);1H2. The number of carbonyl (C=O) groups is 1. The van der Waals surface area contributed by atoms with Crippen molar-refractivity contribution >= 4 is 6.16 Å². The van der Waals surface area contributed by atoms with Gasteiger partial charge < -0.3 is 19.7 Å². The first-order chi connectivity index (χ1) is 4.29. The second-order valence-corrected chi connectivity index (χ2v) is 1.30. The van der Waals surface area contributed by atoms with E-state index >= 15 is 0 Å². The molecule has 0 atom stereocenters. The van der Waals surface area contributed by atoms with E-state index in [4.69, 9.17) is 5.11 Å². The summed E-state index contributed by atoms with van der Waals surface area (Å²) in [5.74, 6) is -0.0116. The average Bonchev–Trinajstić information content (AvgIpc) is 2.15. The van der Waals surface area contributed by atoms with E-state index < -0.39 is 6.16 Å². The zero-order valence-corrected chi connectivity index (χ0v) is 4.90. The van der Waals surface area contributed by atoms with E-state index in [9.17, 15) is 4.79 Å². The van der Waals surface area contributed by atoms with Crippen LogP contribution in [-0.2, 0) is 0 Å². The second-order valence-electron chi connectivity index (χ2n) is 1.30. The Bertz CT molecular complexity index is 190. The molecule has 0 aliphatic carbocycles. The van der Waals surface area contributed by atoms with Gasteiger partial charge in [-0.3, -0.25) is 0 Å². The zero-order chi connectivity index (χ0) is 6.69. The molecule has 1 aromatic heterocycles. The molecule has 0 saturated heterocycles. The van der Waals surface area contributed by atoms with Gasteiger partial charge in [0.05, 0.1) is 6.26 Å². The summed E-state index contributed by atoms with van der Waals surface area (Å²) in [6.45, 7) is 0. The number of ether oxygens (including phenoxy) is 1. The third-order valence-corrected chi connectivity index (χ3v) is 0.683. The Kier molecular flexibility index (Phi) is 2.99. The van der Waals surface area contributed by atoms with E-state index in [1.165, 1.54) is 18.4 Å². The number of furan rings is 1. The van der Waals surface area contributed by atoms with Crippen molar-refractivity contribution in [1.29, 1.82) is 0 Å². The van der Waals surface area contributed by atoms with Crippen LogP contribution in [0, 0.1) is 0 Å². The summed E-state index contributed by atoms with van der Waals surface area (Å²) in [6.07, 6.45) is -0.0388. The third-order valence-electron chi connectivity index (χ3n) is 0.683. The fourth-order valence-corrected chi connectivity index (χ4v) is 0.408. The Hall–Kier alpha value is -1.49. The lowest BCUT2D eigenvalue weighted by Crippen LogP contribution is -2.01. The fraction of sp³-hybridized carbons (Fsp3) is 0. The average molecular weight is 146 g/mol. The Morgan fingerprint density at radius 1 is 1.70 bits per heavy atom. The van der Waals surface area contributed by atoms with Gasteiger partial charge in [0.15, 0.2) is 0 Å². The van der Waals surface area contributed by atoms with Crippen LogP contribution in [0.5, 0.6) is 5.95 Å². The lowest BCUT2D eigenvalue weighted by Gasteiger charge is -1.89. The fourth-order valence-electron chi connectivity index (χ4n) is 0.408. The van der Waals surface area contributed by atoms with Gasteiger partial charge in [0.2, 0.25) is 0 Å². The van der Waals surface area contributed by atoms with Crippen molar-refractivity contribution in [3.63, 3.8) is 0 Å². The molecule has 0 fully saturated rings. The van der Waals surface area contributed by atoms with Crippen molar-refractivity contribution in [3.8, 4) is 5.95 Å². The molecule has 0 amide bonds. The highest BCUT2D eigenvalue weighted by Gasteiger charge is 2.00. The molecule has 0 bridgehead atoms. The van der Waals surface area contributed by atoms with Crippen molar-refractivity contribution in [3.05, 3.63) is 18.4 Å². The summed E-state index contributed by atoms with van der Waals surface area (Å²) >= 11 is 0. The van der Waals surface area contributed by atoms with Crippen LogP contribution in [-0.4, -0.2) is 16.7 Å². The highest BCUT2D eigenvalue weighted by Crippen LogP contribution is 2.09. The SMILES string of the molecule is O.O=C(O)Oc1ccco1. The summed E-state index contributed by atoms with van der Waals surface area (Å²) in [5, 5.41) is 8.00. The van der Waals surface area contributed by atoms with Gasteiger partial charge in [0.1, 0.15) is 0 Å². The molecular formula is C5H6O5. The van der Waals surface area contributed by atoms with Gasteiger partial charge in [-0.1, -0.05) is 0 Å². The molecule has 0 saturated carbocycles. The zero-order valence-electron chi connectivity index (χ0n) is 4.90. The molecule has 1 aromatic rings. The molecule has 0 aromatic carbocycles. The maximum Gasteiger partial charge on any atom is 0.513 e. The first-order valence-electron chi connectivity index (χ1n) is 2.23. The van der Waals surface area contributed by atoms with E-state index in [1.807, 2.05) is 0 Å². The summed E-state index contributed by atoms with van der Waals surface area (Å²) in [5.41, 5.74) is 0. The summed E-state index contributed by atoms with van der Waals surface area (Å²) in [6, 6.07) is 2.95. The molecule has 56 valence electrons. The first kappa shape index (κ1) is 8.51. The Labute approximate surface area is 56.1 Å². The molecule has 0 aliphatic rings. The topological polar surface area (TPSA) is 91.2 Å². The van der Waals surface area contributed by atoms with Gasteiger partial charge in [0.25, 0.3) is 5.95 Å². The molecule has 0 spiro atoms. The molecular weight excluding hydrogens is 140 g/mol. The molecule has 5 heteroatoms. The Morgan fingerprint density at radius 2 is 2.40 bits per heavy atom. The molecule has 0 aliphatic heterocycles. The van der Waals surface area contributed by atoms with Crippen molar-refractivity contribution in [2.75, 3.05) is 0 Å². The van der Waals surface area contributed by atoms with Gasteiger partial charge in [-0.2, -0.15) is 0 Å². The van der Waals surface area contributed by atoms with E-state index in [0.29, 0.717) is 0 Å². The van der Waals surface area contributed by atoms with Crippen molar-refractivity contribution in [2.24, 2.45) is 0 Å². The highest BCUT2D eigenvalue weighted by atomic mass is 16.7. The Balaban J connectivity index is 0.000000810. The molecule has 1 heterocycles. The quantitative estimate of drug-likeness (QED) is 0.584. The van der Waals surface area contributed by atoms with E-state index in [2.05, 4.69) is 9.15 Å². The molecule has 10 heavy (non-hydrogen) atoms.